The van der Waals surface area contributed by atoms with Crippen molar-refractivity contribution >= 4 is 0 Å². The highest BCUT2D eigenvalue weighted by molar-refractivity contribution is 4.97. The molecule has 0 saturated heterocycles. The van der Waals surface area contributed by atoms with Gasteiger partial charge in [-0.15, -0.1) is 0 Å². The Morgan fingerprint density at radius 3 is 2.17 bits per heavy atom. The van der Waals surface area contributed by atoms with Gasteiger partial charge in [-0.2, -0.15) is 0 Å². The van der Waals surface area contributed by atoms with Crippen LogP contribution in [-0.2, 0) is 0 Å². The van der Waals surface area contributed by atoms with Gasteiger partial charge >= 0.3 is 0 Å². The molecule has 0 saturated carbocycles. The summed E-state index contributed by atoms with van der Waals surface area (Å²) < 4.78 is 0. The fraction of sp³-hybridized carbons (Fsp3) is 0.800. The molecule has 0 radical (unpaired) electrons. The molecule has 2 nitrogen and oxygen atoms in total. The standard InChI is InChI=1S/C10H18O2/c11-8-6-10(7-9-12)4-2-1-3-5-10/h1-2,11-12H,3-9H2. The summed E-state index contributed by atoms with van der Waals surface area (Å²) in [5.74, 6) is 0. The Kier molecular flexibility index (Phi) is 3.76. The summed E-state index contributed by atoms with van der Waals surface area (Å²) in [5.41, 5.74) is 0.193. The molecule has 0 spiro atoms. The van der Waals surface area contributed by atoms with E-state index in [9.17, 15) is 0 Å². The average Bonchev–Trinajstić information content (AvgIpc) is 2.07. The van der Waals surface area contributed by atoms with Gasteiger partial charge in [0.05, 0.1) is 0 Å². The fourth-order valence-corrected chi connectivity index (χ4v) is 2.00. The first-order valence-corrected chi connectivity index (χ1v) is 4.70. The number of hydrogen-bond acceptors (Lipinski definition) is 2. The van der Waals surface area contributed by atoms with Gasteiger partial charge in [0.15, 0.2) is 0 Å². The van der Waals surface area contributed by atoms with Gasteiger partial charge in [-0.25, -0.2) is 0 Å². The van der Waals surface area contributed by atoms with E-state index in [-0.39, 0.29) is 18.6 Å². The van der Waals surface area contributed by atoms with Gasteiger partial charge in [-0.1, -0.05) is 12.2 Å². The Balaban J connectivity index is 2.51. The van der Waals surface area contributed by atoms with E-state index in [0.717, 1.165) is 32.1 Å². The summed E-state index contributed by atoms with van der Waals surface area (Å²) in [5, 5.41) is 17.8. The first-order valence-electron chi connectivity index (χ1n) is 4.70. The number of allylic oxidation sites excluding steroid dienone is 2. The molecule has 0 amide bonds. The smallest absolute Gasteiger partial charge is 0.0436 e. The van der Waals surface area contributed by atoms with Crippen molar-refractivity contribution in [3.05, 3.63) is 12.2 Å². The summed E-state index contributed by atoms with van der Waals surface area (Å²) in [4.78, 5) is 0. The lowest BCUT2D eigenvalue weighted by atomic mass is 9.72. The second kappa shape index (κ2) is 4.63. The second-order valence-electron chi connectivity index (χ2n) is 3.66. The first kappa shape index (κ1) is 9.75. The maximum absolute atomic E-state index is 8.90. The van der Waals surface area contributed by atoms with Gasteiger partial charge in [0, 0.05) is 13.2 Å². The maximum atomic E-state index is 8.90. The zero-order valence-electron chi connectivity index (χ0n) is 7.50. The van der Waals surface area contributed by atoms with E-state index in [1.54, 1.807) is 0 Å². The van der Waals surface area contributed by atoms with Crippen LogP contribution in [0.2, 0.25) is 0 Å². The Morgan fingerprint density at radius 2 is 1.75 bits per heavy atom. The zero-order chi connectivity index (χ0) is 8.86. The Morgan fingerprint density at radius 1 is 1.08 bits per heavy atom. The molecule has 0 atom stereocenters. The molecule has 12 heavy (non-hydrogen) atoms. The van der Waals surface area contributed by atoms with E-state index >= 15 is 0 Å². The predicted molar refractivity (Wildman–Crippen MR) is 48.8 cm³/mol. The molecule has 0 aromatic carbocycles. The number of hydrogen-bond donors (Lipinski definition) is 2. The zero-order valence-corrected chi connectivity index (χ0v) is 7.50. The molecule has 0 fully saturated rings. The lowest BCUT2D eigenvalue weighted by molar-refractivity contribution is 0.123. The molecule has 0 aromatic heterocycles. The summed E-state index contributed by atoms with van der Waals surface area (Å²) in [6.45, 7) is 0.488. The van der Waals surface area contributed by atoms with E-state index in [1.165, 1.54) is 0 Å². The van der Waals surface area contributed by atoms with Crippen molar-refractivity contribution in [3.63, 3.8) is 0 Å². The topological polar surface area (TPSA) is 40.5 Å². The van der Waals surface area contributed by atoms with Crippen LogP contribution in [0.5, 0.6) is 0 Å². The highest BCUT2D eigenvalue weighted by Crippen LogP contribution is 2.38. The molecule has 1 rings (SSSR count). The Labute approximate surface area is 73.9 Å². The SMILES string of the molecule is OCCC1(CCO)CC=CCC1. The summed E-state index contributed by atoms with van der Waals surface area (Å²) >= 11 is 0. The van der Waals surface area contributed by atoms with Crippen molar-refractivity contribution in [2.45, 2.75) is 32.1 Å². The number of aliphatic hydroxyl groups excluding tert-OH is 2. The summed E-state index contributed by atoms with van der Waals surface area (Å²) in [6.07, 6.45) is 9.26. The van der Waals surface area contributed by atoms with Gasteiger partial charge in [0.25, 0.3) is 0 Å². The summed E-state index contributed by atoms with van der Waals surface area (Å²) in [6, 6.07) is 0. The Bertz CT molecular complexity index is 146. The predicted octanol–water partition coefficient (Wildman–Crippen LogP) is 1.48. The van der Waals surface area contributed by atoms with Crippen molar-refractivity contribution in [1.29, 1.82) is 0 Å². The molecule has 0 unspecified atom stereocenters. The minimum Gasteiger partial charge on any atom is -0.396 e. The Hall–Kier alpha value is -0.340. The summed E-state index contributed by atoms with van der Waals surface area (Å²) in [7, 11) is 0. The van der Waals surface area contributed by atoms with Crippen LogP contribution in [0.4, 0.5) is 0 Å². The molecular weight excluding hydrogens is 152 g/mol. The molecule has 1 aliphatic carbocycles. The van der Waals surface area contributed by atoms with Crippen LogP contribution in [0.15, 0.2) is 12.2 Å². The van der Waals surface area contributed by atoms with Crippen LogP contribution in [0.3, 0.4) is 0 Å². The third-order valence-electron chi connectivity index (χ3n) is 2.84. The van der Waals surface area contributed by atoms with Crippen LogP contribution in [0.1, 0.15) is 32.1 Å². The molecule has 0 heterocycles. The molecule has 0 aromatic rings. The molecule has 0 bridgehead atoms. The van der Waals surface area contributed by atoms with E-state index in [0.29, 0.717) is 0 Å². The van der Waals surface area contributed by atoms with Gasteiger partial charge < -0.3 is 10.2 Å². The minimum absolute atomic E-state index is 0.193. The maximum Gasteiger partial charge on any atom is 0.0436 e. The van der Waals surface area contributed by atoms with Crippen LogP contribution in [-0.4, -0.2) is 23.4 Å². The van der Waals surface area contributed by atoms with Crippen molar-refractivity contribution in [1.82, 2.24) is 0 Å². The molecule has 1 aliphatic rings. The quantitative estimate of drug-likeness (QED) is 0.627. The second-order valence-corrected chi connectivity index (χ2v) is 3.66. The van der Waals surface area contributed by atoms with Crippen molar-refractivity contribution in [2.24, 2.45) is 5.41 Å². The monoisotopic (exact) mass is 170 g/mol. The van der Waals surface area contributed by atoms with Crippen LogP contribution in [0, 0.1) is 5.41 Å². The van der Waals surface area contributed by atoms with E-state index in [4.69, 9.17) is 10.2 Å². The molecular formula is C10H18O2. The van der Waals surface area contributed by atoms with Crippen LogP contribution >= 0.6 is 0 Å². The average molecular weight is 170 g/mol. The van der Waals surface area contributed by atoms with Gasteiger partial charge in [-0.05, 0) is 37.5 Å². The van der Waals surface area contributed by atoms with E-state index < -0.39 is 0 Å². The highest BCUT2D eigenvalue weighted by Gasteiger charge is 2.28. The minimum atomic E-state index is 0.193. The van der Waals surface area contributed by atoms with E-state index in [1.807, 2.05) is 0 Å². The van der Waals surface area contributed by atoms with Gasteiger partial charge in [0.2, 0.25) is 0 Å². The van der Waals surface area contributed by atoms with Crippen LogP contribution in [0.25, 0.3) is 0 Å². The van der Waals surface area contributed by atoms with Gasteiger partial charge in [-0.3, -0.25) is 0 Å². The number of rotatable bonds is 4. The lowest BCUT2D eigenvalue weighted by Gasteiger charge is -2.33. The third-order valence-corrected chi connectivity index (χ3v) is 2.84. The molecule has 2 N–H and O–H groups in total. The first-order chi connectivity index (χ1) is 5.83. The molecule has 2 heteroatoms. The highest BCUT2D eigenvalue weighted by atomic mass is 16.3. The van der Waals surface area contributed by atoms with Crippen molar-refractivity contribution < 1.29 is 10.2 Å². The fourth-order valence-electron chi connectivity index (χ4n) is 2.00. The third kappa shape index (κ3) is 2.32. The molecule has 0 aliphatic heterocycles. The largest absolute Gasteiger partial charge is 0.396 e. The van der Waals surface area contributed by atoms with Crippen molar-refractivity contribution in [3.8, 4) is 0 Å². The number of aliphatic hydroxyl groups is 2. The lowest BCUT2D eigenvalue weighted by Crippen LogP contribution is -2.24. The van der Waals surface area contributed by atoms with Crippen LogP contribution < -0.4 is 0 Å². The van der Waals surface area contributed by atoms with Crippen molar-refractivity contribution in [2.75, 3.05) is 13.2 Å². The van der Waals surface area contributed by atoms with E-state index in [2.05, 4.69) is 12.2 Å². The van der Waals surface area contributed by atoms with Gasteiger partial charge in [0.1, 0.15) is 0 Å². The molecule has 70 valence electrons. The normalized spacial score (nSPS) is 21.2.